The Labute approximate surface area is 109 Å². The third-order valence-electron chi connectivity index (χ3n) is 5.02. The number of benzene rings is 1. The predicted octanol–water partition coefficient (Wildman–Crippen LogP) is 3.70. The van der Waals surface area contributed by atoms with Crippen LogP contribution in [0.3, 0.4) is 0 Å². The van der Waals surface area contributed by atoms with Crippen molar-refractivity contribution < 1.29 is 9.84 Å². The molecule has 0 heterocycles. The lowest BCUT2D eigenvalue weighted by molar-refractivity contribution is 0.166. The minimum Gasteiger partial charge on any atom is -0.508 e. The van der Waals surface area contributed by atoms with Gasteiger partial charge in [0, 0.05) is 11.1 Å². The molecule has 1 saturated carbocycles. The number of methoxy groups -OCH3 is 1. The highest BCUT2D eigenvalue weighted by molar-refractivity contribution is 5.52. The summed E-state index contributed by atoms with van der Waals surface area (Å²) in [5, 5.41) is 10.1. The minimum atomic E-state index is 0.404. The molecule has 2 aliphatic rings. The van der Waals surface area contributed by atoms with Crippen LogP contribution in [-0.2, 0) is 12.8 Å². The number of rotatable bonds is 1. The van der Waals surface area contributed by atoms with E-state index in [2.05, 4.69) is 6.92 Å². The van der Waals surface area contributed by atoms with E-state index in [9.17, 15) is 5.11 Å². The van der Waals surface area contributed by atoms with Crippen molar-refractivity contribution in [2.45, 2.75) is 45.4 Å². The Kier molecular flexibility index (Phi) is 2.76. The van der Waals surface area contributed by atoms with Crippen LogP contribution in [0.15, 0.2) is 12.1 Å². The van der Waals surface area contributed by atoms with Gasteiger partial charge in [0.05, 0.1) is 7.11 Å². The molecule has 0 aromatic heterocycles. The van der Waals surface area contributed by atoms with Gasteiger partial charge in [-0.05, 0) is 49.1 Å². The molecule has 2 nitrogen and oxygen atoms in total. The Balaban J connectivity index is 1.93. The molecule has 3 rings (SSSR count). The maximum Gasteiger partial charge on any atom is 0.122 e. The zero-order valence-corrected chi connectivity index (χ0v) is 11.3. The molecule has 1 N–H and O–H groups in total. The molecule has 0 saturated heterocycles. The third kappa shape index (κ3) is 1.79. The summed E-state index contributed by atoms with van der Waals surface area (Å²) in [4.78, 5) is 0. The van der Waals surface area contributed by atoms with Gasteiger partial charge in [0.2, 0.25) is 0 Å². The van der Waals surface area contributed by atoms with E-state index in [1.807, 2.05) is 6.07 Å². The van der Waals surface area contributed by atoms with Crippen molar-refractivity contribution in [1.82, 2.24) is 0 Å². The number of hydrogen-bond donors (Lipinski definition) is 1. The normalized spacial score (nSPS) is 30.4. The molecule has 1 fully saturated rings. The first-order valence-corrected chi connectivity index (χ1v) is 7.01. The van der Waals surface area contributed by atoms with Crippen LogP contribution in [0, 0.1) is 11.3 Å². The van der Waals surface area contributed by atoms with Crippen molar-refractivity contribution in [3.8, 4) is 11.5 Å². The summed E-state index contributed by atoms with van der Waals surface area (Å²) in [6.45, 7) is 2.35. The summed E-state index contributed by atoms with van der Waals surface area (Å²) >= 11 is 0. The number of phenols is 1. The average molecular weight is 246 g/mol. The van der Waals surface area contributed by atoms with Crippen LogP contribution in [0.25, 0.3) is 0 Å². The summed E-state index contributed by atoms with van der Waals surface area (Å²) in [5.41, 5.74) is 2.80. The quantitative estimate of drug-likeness (QED) is 0.818. The molecule has 1 aromatic carbocycles. The fourth-order valence-corrected chi connectivity index (χ4v) is 3.78. The zero-order chi connectivity index (χ0) is 12.8. The molecule has 98 valence electrons. The lowest BCUT2D eigenvalue weighted by Gasteiger charge is -2.36. The van der Waals surface area contributed by atoms with Crippen LogP contribution in [0.1, 0.15) is 43.7 Å². The van der Waals surface area contributed by atoms with E-state index in [0.29, 0.717) is 11.2 Å². The summed E-state index contributed by atoms with van der Waals surface area (Å²) in [7, 11) is 1.72. The zero-order valence-electron chi connectivity index (χ0n) is 11.3. The average Bonchev–Trinajstić information content (AvgIpc) is 2.75. The highest BCUT2D eigenvalue weighted by Crippen LogP contribution is 2.52. The predicted molar refractivity (Wildman–Crippen MR) is 72.1 cm³/mol. The number of ether oxygens (including phenoxy) is 1. The second kappa shape index (κ2) is 4.18. The van der Waals surface area contributed by atoms with Gasteiger partial charge in [-0.1, -0.05) is 19.8 Å². The molecule has 2 aliphatic carbocycles. The van der Waals surface area contributed by atoms with E-state index in [4.69, 9.17) is 4.74 Å². The topological polar surface area (TPSA) is 29.5 Å². The molecular formula is C16H22O2. The molecule has 0 bridgehead atoms. The monoisotopic (exact) mass is 246 g/mol. The van der Waals surface area contributed by atoms with Gasteiger partial charge in [0.1, 0.15) is 11.5 Å². The maximum atomic E-state index is 10.1. The van der Waals surface area contributed by atoms with Crippen LogP contribution in [0.4, 0.5) is 0 Å². The molecule has 0 radical (unpaired) electrons. The lowest BCUT2D eigenvalue weighted by atomic mass is 9.69. The Morgan fingerprint density at radius 2 is 1.83 bits per heavy atom. The van der Waals surface area contributed by atoms with E-state index in [0.717, 1.165) is 30.1 Å². The first-order chi connectivity index (χ1) is 8.63. The number of phenolic OH excluding ortho intramolecular Hbond substituents is 1. The fraction of sp³-hybridized carbons (Fsp3) is 0.625. The van der Waals surface area contributed by atoms with Crippen LogP contribution in [0.5, 0.6) is 11.5 Å². The fourth-order valence-electron chi connectivity index (χ4n) is 3.78. The van der Waals surface area contributed by atoms with Crippen LogP contribution >= 0.6 is 0 Å². The van der Waals surface area contributed by atoms with Crippen LogP contribution in [-0.4, -0.2) is 12.2 Å². The van der Waals surface area contributed by atoms with E-state index in [1.54, 1.807) is 13.2 Å². The highest BCUT2D eigenvalue weighted by atomic mass is 16.5. The van der Waals surface area contributed by atoms with Crippen molar-refractivity contribution in [2.24, 2.45) is 11.3 Å². The van der Waals surface area contributed by atoms with E-state index >= 15 is 0 Å². The number of fused-ring (bicyclic) bond motifs is 1. The van der Waals surface area contributed by atoms with Crippen LogP contribution < -0.4 is 4.74 Å². The molecule has 2 heteroatoms. The third-order valence-corrected chi connectivity index (χ3v) is 5.02. The van der Waals surface area contributed by atoms with Crippen LogP contribution in [0.2, 0.25) is 0 Å². The molecule has 1 aromatic rings. The van der Waals surface area contributed by atoms with Gasteiger partial charge >= 0.3 is 0 Å². The first-order valence-electron chi connectivity index (χ1n) is 7.01. The van der Waals surface area contributed by atoms with E-state index < -0.39 is 0 Å². The summed E-state index contributed by atoms with van der Waals surface area (Å²) < 4.78 is 5.46. The molecule has 0 aliphatic heterocycles. The summed E-state index contributed by atoms with van der Waals surface area (Å²) in [5.74, 6) is 2.29. The van der Waals surface area contributed by atoms with Gasteiger partial charge < -0.3 is 9.84 Å². The van der Waals surface area contributed by atoms with Gasteiger partial charge in [-0.15, -0.1) is 0 Å². The standard InChI is InChI=1S/C16H22O2/c1-11-5-7-16(8-6-11)9-12-13(10-16)15(18-2)4-3-14(12)17/h3-4,11,17H,5-10H2,1-2H3. The van der Waals surface area contributed by atoms with Gasteiger partial charge in [-0.2, -0.15) is 0 Å². The molecule has 0 atom stereocenters. The molecule has 0 unspecified atom stereocenters. The van der Waals surface area contributed by atoms with Crippen molar-refractivity contribution >= 4 is 0 Å². The largest absolute Gasteiger partial charge is 0.508 e. The van der Waals surface area contributed by atoms with Gasteiger partial charge in [0.25, 0.3) is 0 Å². The summed E-state index contributed by atoms with van der Waals surface area (Å²) in [6, 6.07) is 3.68. The Hall–Kier alpha value is -1.18. The lowest BCUT2D eigenvalue weighted by Crippen LogP contribution is -2.27. The molecular weight excluding hydrogens is 224 g/mol. The number of aromatic hydroxyl groups is 1. The van der Waals surface area contributed by atoms with Gasteiger partial charge in [-0.25, -0.2) is 0 Å². The Bertz CT molecular complexity index is 456. The van der Waals surface area contributed by atoms with Crippen molar-refractivity contribution in [3.05, 3.63) is 23.3 Å². The molecule has 1 spiro atoms. The van der Waals surface area contributed by atoms with E-state index in [-0.39, 0.29) is 0 Å². The van der Waals surface area contributed by atoms with E-state index in [1.165, 1.54) is 31.2 Å². The SMILES string of the molecule is COc1ccc(O)c2c1CC1(CCC(C)CC1)C2. The van der Waals surface area contributed by atoms with Gasteiger partial charge in [0.15, 0.2) is 0 Å². The second-order valence-electron chi connectivity index (χ2n) is 6.28. The first kappa shape index (κ1) is 11.9. The molecule has 18 heavy (non-hydrogen) atoms. The molecule has 0 amide bonds. The number of hydrogen-bond acceptors (Lipinski definition) is 2. The van der Waals surface area contributed by atoms with Crippen molar-refractivity contribution in [2.75, 3.05) is 7.11 Å². The highest BCUT2D eigenvalue weighted by Gasteiger charge is 2.41. The van der Waals surface area contributed by atoms with Crippen molar-refractivity contribution in [1.29, 1.82) is 0 Å². The maximum absolute atomic E-state index is 10.1. The summed E-state index contributed by atoms with van der Waals surface area (Å²) in [6.07, 6.45) is 7.38. The minimum absolute atomic E-state index is 0.404. The van der Waals surface area contributed by atoms with Gasteiger partial charge in [-0.3, -0.25) is 0 Å². The van der Waals surface area contributed by atoms with Crippen molar-refractivity contribution in [3.63, 3.8) is 0 Å². The Morgan fingerprint density at radius 3 is 2.50 bits per heavy atom. The smallest absolute Gasteiger partial charge is 0.122 e. The second-order valence-corrected chi connectivity index (χ2v) is 6.28. The Morgan fingerprint density at radius 1 is 1.17 bits per heavy atom.